The summed E-state index contributed by atoms with van der Waals surface area (Å²) in [5, 5.41) is 3.24. The van der Waals surface area contributed by atoms with Gasteiger partial charge in [0.2, 0.25) is 0 Å². The molecule has 0 bridgehead atoms. The highest BCUT2D eigenvalue weighted by Crippen LogP contribution is 2.18. The van der Waals surface area contributed by atoms with E-state index in [4.69, 9.17) is 0 Å². The van der Waals surface area contributed by atoms with Crippen LogP contribution in [0.1, 0.15) is 5.69 Å². The molecule has 0 saturated carbocycles. The van der Waals surface area contributed by atoms with E-state index >= 15 is 0 Å². The lowest BCUT2D eigenvalue weighted by Crippen LogP contribution is -2.43. The molecule has 2 aromatic rings. The van der Waals surface area contributed by atoms with Crippen LogP contribution in [0.3, 0.4) is 0 Å². The molecular weight excluding hydrogens is 217 g/mol. The van der Waals surface area contributed by atoms with Crippen LogP contribution in [0.25, 0.3) is 11.4 Å². The minimum Gasteiger partial charge on any atom is -0.342 e. The highest BCUT2D eigenvalue weighted by Gasteiger charge is 2.18. The average Bonchev–Trinajstić information content (AvgIpc) is 2.72. The van der Waals surface area contributed by atoms with Gasteiger partial charge in [-0.15, -0.1) is 0 Å². The molecule has 1 saturated heterocycles. The maximum Gasteiger partial charge on any atom is 0.137 e. The number of rotatable bonds is 3. The van der Waals surface area contributed by atoms with E-state index in [1.54, 1.807) is 6.07 Å². The van der Waals surface area contributed by atoms with Crippen LogP contribution in [0.5, 0.6) is 0 Å². The number of halogens is 1. The maximum absolute atomic E-state index is 13.1. The molecular formula is C13H14FN3. The van der Waals surface area contributed by atoms with Gasteiger partial charge in [0, 0.05) is 17.5 Å². The Kier molecular flexibility index (Phi) is 2.65. The lowest BCUT2D eigenvalue weighted by molar-refractivity contribution is 0.344. The van der Waals surface area contributed by atoms with Crippen molar-refractivity contribution in [3.8, 4) is 11.4 Å². The third-order valence-electron chi connectivity index (χ3n) is 3.10. The first kappa shape index (κ1) is 10.5. The molecule has 88 valence electrons. The quantitative estimate of drug-likeness (QED) is 0.848. The Morgan fingerprint density at radius 1 is 1.35 bits per heavy atom. The van der Waals surface area contributed by atoms with Crippen molar-refractivity contribution < 1.29 is 4.39 Å². The van der Waals surface area contributed by atoms with E-state index in [0.717, 1.165) is 36.6 Å². The number of nitrogens with zero attached hydrogens (tertiary/aromatic N) is 1. The van der Waals surface area contributed by atoms with Crippen LogP contribution in [0.4, 0.5) is 4.39 Å². The molecule has 17 heavy (non-hydrogen) atoms. The molecule has 1 aromatic heterocycles. The number of benzene rings is 1. The molecule has 1 aliphatic heterocycles. The smallest absolute Gasteiger partial charge is 0.137 e. The van der Waals surface area contributed by atoms with E-state index < -0.39 is 0 Å². The number of hydrogen-bond donors (Lipinski definition) is 2. The molecule has 0 spiro atoms. The monoisotopic (exact) mass is 231 g/mol. The lowest BCUT2D eigenvalue weighted by Gasteiger charge is -2.26. The Labute approximate surface area is 99.1 Å². The summed E-state index contributed by atoms with van der Waals surface area (Å²) in [5.74, 6) is 1.21. The number of nitrogens with one attached hydrogen (secondary N) is 2. The minimum atomic E-state index is -0.233. The van der Waals surface area contributed by atoms with Gasteiger partial charge in [0.05, 0.1) is 0 Å². The van der Waals surface area contributed by atoms with Gasteiger partial charge in [0.25, 0.3) is 0 Å². The van der Waals surface area contributed by atoms with Crippen LogP contribution in [0.15, 0.2) is 30.5 Å². The summed E-state index contributed by atoms with van der Waals surface area (Å²) in [6.07, 6.45) is 2.86. The zero-order valence-electron chi connectivity index (χ0n) is 9.41. The van der Waals surface area contributed by atoms with Gasteiger partial charge in [-0.1, -0.05) is 12.1 Å². The first-order valence-corrected chi connectivity index (χ1v) is 5.82. The molecule has 1 aromatic carbocycles. The van der Waals surface area contributed by atoms with Crippen molar-refractivity contribution >= 4 is 0 Å². The van der Waals surface area contributed by atoms with Gasteiger partial charge in [-0.05, 0) is 37.6 Å². The zero-order chi connectivity index (χ0) is 11.7. The predicted molar refractivity (Wildman–Crippen MR) is 64.0 cm³/mol. The Bertz CT molecular complexity index is 517. The van der Waals surface area contributed by atoms with E-state index in [2.05, 4.69) is 15.3 Å². The van der Waals surface area contributed by atoms with Crippen molar-refractivity contribution in [1.82, 2.24) is 15.3 Å². The first-order chi connectivity index (χ1) is 8.31. The minimum absolute atomic E-state index is 0.233. The van der Waals surface area contributed by atoms with Crippen molar-refractivity contribution in [3.63, 3.8) is 0 Å². The number of hydrogen-bond acceptors (Lipinski definition) is 2. The molecule has 4 heteroatoms. The standard InChI is InChI=1S/C13H14FN3/c14-11-3-1-2-10(5-11)13-16-8-12(17-13)4-9-6-15-7-9/h1-3,5,8-9,15H,4,6-7H2,(H,16,17). The molecule has 3 rings (SSSR count). The summed E-state index contributed by atoms with van der Waals surface area (Å²) >= 11 is 0. The lowest BCUT2D eigenvalue weighted by atomic mass is 9.98. The Hall–Kier alpha value is -1.68. The summed E-state index contributed by atoms with van der Waals surface area (Å²) in [4.78, 5) is 7.55. The van der Waals surface area contributed by atoms with E-state index in [9.17, 15) is 4.39 Å². The number of imidazole rings is 1. The highest BCUT2D eigenvalue weighted by atomic mass is 19.1. The SMILES string of the molecule is Fc1cccc(-c2ncc(CC3CNC3)[nH]2)c1. The number of aromatic amines is 1. The zero-order valence-corrected chi connectivity index (χ0v) is 9.41. The van der Waals surface area contributed by atoms with E-state index in [0.29, 0.717) is 5.92 Å². The van der Waals surface area contributed by atoms with E-state index in [1.807, 2.05) is 12.3 Å². The molecule has 2 N–H and O–H groups in total. The van der Waals surface area contributed by atoms with Crippen molar-refractivity contribution in [3.05, 3.63) is 42.0 Å². The summed E-state index contributed by atoms with van der Waals surface area (Å²) in [6.45, 7) is 2.16. The summed E-state index contributed by atoms with van der Waals surface area (Å²) in [7, 11) is 0. The van der Waals surface area contributed by atoms with Crippen LogP contribution in [-0.4, -0.2) is 23.1 Å². The van der Waals surface area contributed by atoms with Crippen molar-refractivity contribution in [2.24, 2.45) is 5.92 Å². The average molecular weight is 231 g/mol. The largest absolute Gasteiger partial charge is 0.342 e. The van der Waals surface area contributed by atoms with Crippen molar-refractivity contribution in [2.75, 3.05) is 13.1 Å². The Morgan fingerprint density at radius 3 is 2.94 bits per heavy atom. The molecule has 3 nitrogen and oxygen atoms in total. The fraction of sp³-hybridized carbons (Fsp3) is 0.308. The molecule has 0 atom stereocenters. The topological polar surface area (TPSA) is 40.7 Å². The van der Waals surface area contributed by atoms with E-state index in [-0.39, 0.29) is 5.82 Å². The summed E-state index contributed by atoms with van der Waals surface area (Å²) in [6, 6.07) is 6.49. The Balaban J connectivity index is 1.79. The van der Waals surface area contributed by atoms with Crippen LogP contribution < -0.4 is 5.32 Å². The number of aromatic nitrogens is 2. The number of H-pyrrole nitrogens is 1. The molecule has 0 unspecified atom stereocenters. The second kappa shape index (κ2) is 4.30. The van der Waals surface area contributed by atoms with Crippen LogP contribution in [0.2, 0.25) is 0 Å². The summed E-state index contributed by atoms with van der Waals surface area (Å²) < 4.78 is 13.1. The molecule has 1 fully saturated rings. The van der Waals surface area contributed by atoms with Gasteiger partial charge >= 0.3 is 0 Å². The molecule has 0 amide bonds. The fourth-order valence-electron chi connectivity index (χ4n) is 2.05. The van der Waals surface area contributed by atoms with Gasteiger partial charge in [0.1, 0.15) is 11.6 Å². The maximum atomic E-state index is 13.1. The first-order valence-electron chi connectivity index (χ1n) is 5.82. The predicted octanol–water partition coefficient (Wildman–Crippen LogP) is 1.98. The molecule has 0 radical (unpaired) electrons. The normalized spacial score (nSPS) is 15.8. The fourth-order valence-corrected chi connectivity index (χ4v) is 2.05. The van der Waals surface area contributed by atoms with Gasteiger partial charge in [0.15, 0.2) is 0 Å². The third kappa shape index (κ3) is 2.22. The van der Waals surface area contributed by atoms with Crippen LogP contribution >= 0.6 is 0 Å². The molecule has 1 aliphatic rings. The van der Waals surface area contributed by atoms with Gasteiger partial charge in [-0.25, -0.2) is 9.37 Å². The van der Waals surface area contributed by atoms with Gasteiger partial charge in [-0.2, -0.15) is 0 Å². The second-order valence-corrected chi connectivity index (χ2v) is 4.50. The summed E-state index contributed by atoms with van der Waals surface area (Å²) in [5.41, 5.74) is 1.92. The molecule has 2 heterocycles. The van der Waals surface area contributed by atoms with Crippen molar-refractivity contribution in [2.45, 2.75) is 6.42 Å². The van der Waals surface area contributed by atoms with E-state index in [1.165, 1.54) is 12.1 Å². The van der Waals surface area contributed by atoms with Crippen LogP contribution in [0, 0.1) is 11.7 Å². The third-order valence-corrected chi connectivity index (χ3v) is 3.10. The Morgan fingerprint density at radius 2 is 2.24 bits per heavy atom. The second-order valence-electron chi connectivity index (χ2n) is 4.50. The van der Waals surface area contributed by atoms with Gasteiger partial charge in [-0.3, -0.25) is 0 Å². The van der Waals surface area contributed by atoms with Gasteiger partial charge < -0.3 is 10.3 Å². The van der Waals surface area contributed by atoms with Crippen LogP contribution in [-0.2, 0) is 6.42 Å². The highest BCUT2D eigenvalue weighted by molar-refractivity contribution is 5.55. The molecule has 0 aliphatic carbocycles. The van der Waals surface area contributed by atoms with Crippen molar-refractivity contribution in [1.29, 1.82) is 0 Å².